The van der Waals surface area contributed by atoms with E-state index in [0.29, 0.717) is 11.1 Å². The molecule has 1 heterocycles. The van der Waals surface area contributed by atoms with Crippen LogP contribution in [-0.4, -0.2) is 5.78 Å². The molecule has 0 radical (unpaired) electrons. The molecule has 0 saturated carbocycles. The van der Waals surface area contributed by atoms with Crippen LogP contribution in [0.3, 0.4) is 0 Å². The number of benzene rings is 1. The van der Waals surface area contributed by atoms with Crippen molar-refractivity contribution in [2.24, 2.45) is 0 Å². The van der Waals surface area contributed by atoms with E-state index >= 15 is 0 Å². The Kier molecular flexibility index (Phi) is 3.22. The minimum atomic E-state index is -4.40. The summed E-state index contributed by atoms with van der Waals surface area (Å²) in [7, 11) is 0. The summed E-state index contributed by atoms with van der Waals surface area (Å²) < 4.78 is 43.3. The number of carbonyl (C=O) groups excluding carboxylic acids is 1. The molecule has 0 bridgehead atoms. The first-order valence-corrected chi connectivity index (χ1v) is 5.58. The van der Waals surface area contributed by atoms with E-state index < -0.39 is 11.7 Å². The highest BCUT2D eigenvalue weighted by Crippen LogP contribution is 2.34. The molecule has 0 unspecified atom stereocenters. The fourth-order valence-corrected chi connectivity index (χ4v) is 1.74. The van der Waals surface area contributed by atoms with Gasteiger partial charge in [-0.05, 0) is 36.8 Å². The van der Waals surface area contributed by atoms with Gasteiger partial charge in [0.25, 0.3) is 0 Å². The van der Waals surface area contributed by atoms with Gasteiger partial charge >= 0.3 is 6.18 Å². The van der Waals surface area contributed by atoms with Crippen LogP contribution in [0.25, 0.3) is 11.3 Å². The number of rotatable bonds is 2. The van der Waals surface area contributed by atoms with Gasteiger partial charge < -0.3 is 4.42 Å². The SMILES string of the molecule is CC(=O)c1ccc(-c2cc(C(F)(F)F)ccc2C)o1. The Balaban J connectivity index is 2.51. The lowest BCUT2D eigenvalue weighted by molar-refractivity contribution is -0.137. The highest BCUT2D eigenvalue weighted by Gasteiger charge is 2.31. The Morgan fingerprint density at radius 1 is 1.16 bits per heavy atom. The normalized spacial score (nSPS) is 11.6. The van der Waals surface area contributed by atoms with Crippen molar-refractivity contribution in [3.8, 4) is 11.3 Å². The Hall–Kier alpha value is -2.04. The molecule has 19 heavy (non-hydrogen) atoms. The van der Waals surface area contributed by atoms with Gasteiger partial charge in [0.2, 0.25) is 0 Å². The Labute approximate surface area is 107 Å². The van der Waals surface area contributed by atoms with Crippen LogP contribution in [0.15, 0.2) is 34.7 Å². The molecule has 0 N–H and O–H groups in total. The highest BCUT2D eigenvalue weighted by molar-refractivity contribution is 5.91. The lowest BCUT2D eigenvalue weighted by Crippen LogP contribution is -2.05. The van der Waals surface area contributed by atoms with Crippen molar-refractivity contribution in [2.45, 2.75) is 20.0 Å². The third-order valence-electron chi connectivity index (χ3n) is 2.78. The molecule has 2 rings (SSSR count). The monoisotopic (exact) mass is 268 g/mol. The second-order valence-corrected chi connectivity index (χ2v) is 4.25. The van der Waals surface area contributed by atoms with Crippen LogP contribution < -0.4 is 0 Å². The molecule has 1 aromatic carbocycles. The third kappa shape index (κ3) is 2.70. The van der Waals surface area contributed by atoms with E-state index in [-0.39, 0.29) is 17.3 Å². The van der Waals surface area contributed by atoms with Gasteiger partial charge in [-0.25, -0.2) is 0 Å². The van der Waals surface area contributed by atoms with Crippen LogP contribution in [-0.2, 0) is 6.18 Å². The summed E-state index contributed by atoms with van der Waals surface area (Å²) in [4.78, 5) is 11.1. The van der Waals surface area contributed by atoms with Gasteiger partial charge in [0, 0.05) is 12.5 Å². The zero-order valence-electron chi connectivity index (χ0n) is 10.3. The predicted molar refractivity (Wildman–Crippen MR) is 63.9 cm³/mol. The molecule has 2 aromatic rings. The van der Waals surface area contributed by atoms with Gasteiger partial charge in [-0.2, -0.15) is 13.2 Å². The molecule has 0 aliphatic rings. The molecule has 2 nitrogen and oxygen atoms in total. The zero-order chi connectivity index (χ0) is 14.2. The van der Waals surface area contributed by atoms with E-state index in [1.807, 2.05) is 0 Å². The average Bonchev–Trinajstić information content (AvgIpc) is 2.77. The quantitative estimate of drug-likeness (QED) is 0.752. The molecule has 0 aliphatic heterocycles. The first-order chi connectivity index (χ1) is 8.79. The smallest absolute Gasteiger partial charge is 0.416 e. The van der Waals surface area contributed by atoms with Crippen LogP contribution in [0, 0.1) is 6.92 Å². The van der Waals surface area contributed by atoms with Crippen molar-refractivity contribution in [2.75, 3.05) is 0 Å². The summed E-state index contributed by atoms with van der Waals surface area (Å²) in [5.41, 5.74) is 0.244. The maximum Gasteiger partial charge on any atom is 0.416 e. The molecule has 100 valence electrons. The fraction of sp³-hybridized carbons (Fsp3) is 0.214. The van der Waals surface area contributed by atoms with E-state index in [1.165, 1.54) is 25.1 Å². The number of carbonyl (C=O) groups is 1. The van der Waals surface area contributed by atoms with Crippen LogP contribution in [0.5, 0.6) is 0 Å². The maximum absolute atomic E-state index is 12.7. The van der Waals surface area contributed by atoms with Gasteiger partial charge in [0.1, 0.15) is 5.76 Å². The van der Waals surface area contributed by atoms with Gasteiger partial charge in [-0.1, -0.05) is 6.07 Å². The van der Waals surface area contributed by atoms with E-state index in [4.69, 9.17) is 4.42 Å². The van der Waals surface area contributed by atoms with Crippen molar-refractivity contribution in [3.63, 3.8) is 0 Å². The molecule has 0 saturated heterocycles. The van der Waals surface area contributed by atoms with Crippen molar-refractivity contribution >= 4 is 5.78 Å². The fourth-order valence-electron chi connectivity index (χ4n) is 1.74. The molecule has 1 aromatic heterocycles. The van der Waals surface area contributed by atoms with Crippen molar-refractivity contribution in [1.82, 2.24) is 0 Å². The summed E-state index contributed by atoms with van der Waals surface area (Å²) in [6.45, 7) is 3.02. The third-order valence-corrected chi connectivity index (χ3v) is 2.78. The van der Waals surface area contributed by atoms with Crippen molar-refractivity contribution < 1.29 is 22.4 Å². The number of halogens is 3. The molecule has 0 aliphatic carbocycles. The first-order valence-electron chi connectivity index (χ1n) is 5.58. The topological polar surface area (TPSA) is 30.2 Å². The molecular weight excluding hydrogens is 257 g/mol. The summed E-state index contributed by atoms with van der Waals surface area (Å²) in [6, 6.07) is 6.39. The molecule has 0 atom stereocenters. The van der Waals surface area contributed by atoms with Crippen LogP contribution >= 0.6 is 0 Å². The number of furan rings is 1. The number of alkyl halides is 3. The van der Waals surface area contributed by atoms with Gasteiger partial charge in [-0.15, -0.1) is 0 Å². The second kappa shape index (κ2) is 4.57. The first kappa shape index (κ1) is 13.4. The lowest BCUT2D eigenvalue weighted by atomic mass is 10.0. The van der Waals surface area contributed by atoms with Crippen molar-refractivity contribution in [1.29, 1.82) is 0 Å². The molecule has 0 amide bonds. The Morgan fingerprint density at radius 3 is 2.37 bits per heavy atom. The number of Topliss-reactive ketones (excluding diaryl/α,β-unsaturated/α-hetero) is 1. The van der Waals surface area contributed by atoms with E-state index in [2.05, 4.69) is 0 Å². The van der Waals surface area contributed by atoms with E-state index in [9.17, 15) is 18.0 Å². The molecular formula is C14H11F3O2. The molecule has 0 fully saturated rings. The summed E-state index contributed by atoms with van der Waals surface area (Å²) in [5, 5.41) is 0. The van der Waals surface area contributed by atoms with Gasteiger partial charge in [-0.3, -0.25) is 4.79 Å². The average molecular weight is 268 g/mol. The number of hydrogen-bond donors (Lipinski definition) is 0. The number of hydrogen-bond acceptors (Lipinski definition) is 2. The minimum Gasteiger partial charge on any atom is -0.453 e. The zero-order valence-corrected chi connectivity index (χ0v) is 10.3. The lowest BCUT2D eigenvalue weighted by Gasteiger charge is -2.09. The second-order valence-electron chi connectivity index (χ2n) is 4.25. The van der Waals surface area contributed by atoms with Crippen LogP contribution in [0.4, 0.5) is 13.2 Å². The maximum atomic E-state index is 12.7. The summed E-state index contributed by atoms with van der Waals surface area (Å²) >= 11 is 0. The highest BCUT2D eigenvalue weighted by atomic mass is 19.4. The van der Waals surface area contributed by atoms with Gasteiger partial charge in [0.05, 0.1) is 5.56 Å². The van der Waals surface area contributed by atoms with E-state index in [0.717, 1.165) is 12.1 Å². The predicted octanol–water partition coefficient (Wildman–Crippen LogP) is 4.48. The van der Waals surface area contributed by atoms with Crippen LogP contribution in [0.2, 0.25) is 0 Å². The number of aryl methyl sites for hydroxylation is 1. The molecule has 5 heteroatoms. The van der Waals surface area contributed by atoms with Crippen molar-refractivity contribution in [3.05, 3.63) is 47.2 Å². The largest absolute Gasteiger partial charge is 0.453 e. The standard InChI is InChI=1S/C14H11F3O2/c1-8-3-4-10(14(15,16)17)7-11(8)13-6-5-12(19-13)9(2)18/h3-7H,1-2H3. The van der Waals surface area contributed by atoms with Gasteiger partial charge in [0.15, 0.2) is 11.5 Å². The molecule has 0 spiro atoms. The van der Waals surface area contributed by atoms with E-state index in [1.54, 1.807) is 6.92 Å². The Morgan fingerprint density at radius 2 is 1.84 bits per heavy atom. The summed E-state index contributed by atoms with van der Waals surface area (Å²) in [5.74, 6) is 0.122. The number of ketones is 1. The minimum absolute atomic E-state index is 0.131. The van der Waals surface area contributed by atoms with Crippen LogP contribution in [0.1, 0.15) is 28.6 Å². The summed E-state index contributed by atoms with van der Waals surface area (Å²) in [6.07, 6.45) is -4.40. The Bertz CT molecular complexity index is 624.